The van der Waals surface area contributed by atoms with Crippen LogP contribution in [0.4, 0.5) is 14.6 Å². The summed E-state index contributed by atoms with van der Waals surface area (Å²) in [5.41, 5.74) is 0.705. The molecule has 0 radical (unpaired) electrons. The lowest BCUT2D eigenvalue weighted by Crippen LogP contribution is -2.43. The van der Waals surface area contributed by atoms with Crippen molar-refractivity contribution in [1.29, 1.82) is 0 Å². The summed E-state index contributed by atoms with van der Waals surface area (Å²) in [5, 5.41) is 3.29. The average Bonchev–Trinajstić information content (AvgIpc) is 3.05. The van der Waals surface area contributed by atoms with Crippen LogP contribution in [0.1, 0.15) is 12.6 Å². The number of nitrogens with zero attached hydrogens (tertiary/aromatic N) is 6. The van der Waals surface area contributed by atoms with Crippen molar-refractivity contribution in [1.82, 2.24) is 29.7 Å². The highest BCUT2D eigenvalue weighted by atomic mass is 19.3. The average molecular weight is 345 g/mol. The molecule has 4 heterocycles. The summed E-state index contributed by atoms with van der Waals surface area (Å²) < 4.78 is 28.7. The Bertz CT molecular complexity index is 897. The van der Waals surface area contributed by atoms with Gasteiger partial charge in [-0.05, 0) is 6.07 Å². The van der Waals surface area contributed by atoms with Crippen molar-refractivity contribution in [2.24, 2.45) is 0 Å². The van der Waals surface area contributed by atoms with E-state index in [0.29, 0.717) is 17.2 Å². The Morgan fingerprint density at radius 1 is 1.12 bits per heavy atom. The van der Waals surface area contributed by atoms with E-state index in [9.17, 15) is 8.78 Å². The molecule has 7 nitrogen and oxygen atoms in total. The SMILES string of the molecule is CC(F)(F)c1cn2c(-c3nccc(N4CCNCC4)n3)cnc2cn1. The fourth-order valence-corrected chi connectivity index (χ4v) is 2.82. The summed E-state index contributed by atoms with van der Waals surface area (Å²) >= 11 is 0. The fourth-order valence-electron chi connectivity index (χ4n) is 2.82. The van der Waals surface area contributed by atoms with E-state index in [4.69, 9.17) is 0 Å². The molecular formula is C16H17F2N7. The van der Waals surface area contributed by atoms with Crippen LogP contribution in [0, 0.1) is 0 Å². The van der Waals surface area contributed by atoms with Crippen LogP contribution in [0.25, 0.3) is 17.2 Å². The van der Waals surface area contributed by atoms with Crippen molar-refractivity contribution in [2.75, 3.05) is 31.1 Å². The summed E-state index contributed by atoms with van der Waals surface area (Å²) in [5.74, 6) is -1.77. The molecule has 3 aromatic rings. The predicted molar refractivity (Wildman–Crippen MR) is 88.7 cm³/mol. The summed E-state index contributed by atoms with van der Waals surface area (Å²) in [4.78, 5) is 19.1. The summed E-state index contributed by atoms with van der Waals surface area (Å²) in [6.07, 6.45) is 5.87. The molecule has 130 valence electrons. The van der Waals surface area contributed by atoms with E-state index in [1.54, 1.807) is 16.8 Å². The maximum atomic E-state index is 13.6. The topological polar surface area (TPSA) is 71.2 Å². The first-order valence-corrected chi connectivity index (χ1v) is 8.03. The number of halogens is 2. The number of aromatic nitrogens is 5. The first-order valence-electron chi connectivity index (χ1n) is 8.03. The number of hydrogen-bond acceptors (Lipinski definition) is 6. The maximum Gasteiger partial charge on any atom is 0.288 e. The van der Waals surface area contributed by atoms with E-state index < -0.39 is 5.92 Å². The van der Waals surface area contributed by atoms with Crippen LogP contribution in [0.3, 0.4) is 0 Å². The Labute approximate surface area is 142 Å². The minimum absolute atomic E-state index is 0.322. The fraction of sp³-hybridized carbons (Fsp3) is 0.375. The molecular weight excluding hydrogens is 328 g/mol. The van der Waals surface area contributed by atoms with Gasteiger partial charge in [-0.25, -0.2) is 19.9 Å². The maximum absolute atomic E-state index is 13.6. The highest BCUT2D eigenvalue weighted by Gasteiger charge is 2.27. The molecule has 0 spiro atoms. The zero-order valence-electron chi connectivity index (χ0n) is 13.7. The van der Waals surface area contributed by atoms with Gasteiger partial charge in [-0.3, -0.25) is 4.40 Å². The van der Waals surface area contributed by atoms with Gasteiger partial charge in [0.1, 0.15) is 17.2 Å². The van der Waals surface area contributed by atoms with E-state index in [-0.39, 0.29) is 5.69 Å². The van der Waals surface area contributed by atoms with Gasteiger partial charge < -0.3 is 10.2 Å². The van der Waals surface area contributed by atoms with Crippen LogP contribution >= 0.6 is 0 Å². The molecule has 0 bridgehead atoms. The smallest absolute Gasteiger partial charge is 0.288 e. The first-order chi connectivity index (χ1) is 12.0. The Morgan fingerprint density at radius 2 is 1.92 bits per heavy atom. The molecule has 25 heavy (non-hydrogen) atoms. The van der Waals surface area contributed by atoms with Crippen molar-refractivity contribution >= 4 is 11.5 Å². The lowest BCUT2D eigenvalue weighted by atomic mass is 10.3. The van der Waals surface area contributed by atoms with Gasteiger partial charge in [-0.2, -0.15) is 8.78 Å². The second-order valence-corrected chi connectivity index (χ2v) is 6.01. The molecule has 1 fully saturated rings. The second kappa shape index (κ2) is 5.99. The van der Waals surface area contributed by atoms with Gasteiger partial charge in [0.25, 0.3) is 5.92 Å². The van der Waals surface area contributed by atoms with Gasteiger partial charge in [-0.15, -0.1) is 0 Å². The largest absolute Gasteiger partial charge is 0.354 e. The monoisotopic (exact) mass is 345 g/mol. The van der Waals surface area contributed by atoms with Crippen LogP contribution in [-0.2, 0) is 5.92 Å². The van der Waals surface area contributed by atoms with Gasteiger partial charge in [0.2, 0.25) is 0 Å². The van der Waals surface area contributed by atoms with Crippen LogP contribution in [-0.4, -0.2) is 50.5 Å². The summed E-state index contributed by atoms with van der Waals surface area (Å²) in [6, 6.07) is 1.85. The number of rotatable bonds is 3. The molecule has 0 atom stereocenters. The third kappa shape index (κ3) is 3.02. The first kappa shape index (κ1) is 15.8. The number of alkyl halides is 2. The van der Waals surface area contributed by atoms with Gasteiger partial charge >= 0.3 is 0 Å². The molecule has 0 amide bonds. The number of piperazine rings is 1. The van der Waals surface area contributed by atoms with Gasteiger partial charge in [0.15, 0.2) is 11.5 Å². The number of fused-ring (bicyclic) bond motifs is 1. The second-order valence-electron chi connectivity index (χ2n) is 6.01. The Kier molecular flexibility index (Phi) is 3.79. The molecule has 0 unspecified atom stereocenters. The molecule has 4 rings (SSSR count). The van der Waals surface area contributed by atoms with E-state index in [2.05, 4.69) is 30.2 Å². The van der Waals surface area contributed by atoms with E-state index in [1.807, 2.05) is 6.07 Å². The predicted octanol–water partition coefficient (Wildman–Crippen LogP) is 1.71. The highest BCUT2D eigenvalue weighted by Crippen LogP contribution is 2.27. The molecule has 1 N–H and O–H groups in total. The van der Waals surface area contributed by atoms with Gasteiger partial charge in [0.05, 0.1) is 12.4 Å². The van der Waals surface area contributed by atoms with E-state index in [1.165, 1.54) is 12.4 Å². The summed E-state index contributed by atoms with van der Waals surface area (Å²) in [7, 11) is 0. The number of imidazole rings is 1. The zero-order chi connectivity index (χ0) is 17.4. The van der Waals surface area contributed by atoms with Gasteiger partial charge in [-0.1, -0.05) is 0 Å². The van der Waals surface area contributed by atoms with Crippen molar-refractivity contribution in [2.45, 2.75) is 12.8 Å². The summed E-state index contributed by atoms with van der Waals surface area (Å²) in [6.45, 7) is 4.34. The number of nitrogens with one attached hydrogen (secondary N) is 1. The zero-order valence-corrected chi connectivity index (χ0v) is 13.7. The molecule has 3 aromatic heterocycles. The van der Waals surface area contributed by atoms with Crippen LogP contribution in [0.2, 0.25) is 0 Å². The Balaban J connectivity index is 1.76. The standard InChI is InChI=1S/C16H17F2N7/c1-16(17,18)12-10-25-11(8-22-14(25)9-21-12)15-20-3-2-13(23-15)24-6-4-19-5-7-24/h2-3,8-10,19H,4-7H2,1H3. The molecule has 9 heteroatoms. The normalized spacial score (nSPS) is 15.7. The lowest BCUT2D eigenvalue weighted by Gasteiger charge is -2.28. The Hall–Kier alpha value is -2.68. The van der Waals surface area contributed by atoms with Gasteiger partial charge in [0, 0.05) is 45.5 Å². The van der Waals surface area contributed by atoms with E-state index >= 15 is 0 Å². The molecule has 1 saturated heterocycles. The molecule has 0 aromatic carbocycles. The molecule has 1 aliphatic heterocycles. The minimum atomic E-state index is -3.03. The number of anilines is 1. The van der Waals surface area contributed by atoms with Crippen molar-refractivity contribution in [3.63, 3.8) is 0 Å². The molecule has 1 aliphatic rings. The third-order valence-corrected chi connectivity index (χ3v) is 4.16. The molecule has 0 saturated carbocycles. The minimum Gasteiger partial charge on any atom is -0.354 e. The highest BCUT2D eigenvalue weighted by molar-refractivity contribution is 5.58. The molecule has 0 aliphatic carbocycles. The van der Waals surface area contributed by atoms with Crippen LogP contribution < -0.4 is 10.2 Å². The van der Waals surface area contributed by atoms with Crippen LogP contribution in [0.5, 0.6) is 0 Å². The Morgan fingerprint density at radius 3 is 2.68 bits per heavy atom. The van der Waals surface area contributed by atoms with Crippen molar-refractivity contribution in [3.05, 3.63) is 36.5 Å². The third-order valence-electron chi connectivity index (χ3n) is 4.16. The van der Waals surface area contributed by atoms with Crippen LogP contribution in [0.15, 0.2) is 30.9 Å². The van der Waals surface area contributed by atoms with E-state index in [0.717, 1.165) is 38.9 Å². The number of hydrogen-bond donors (Lipinski definition) is 1. The van der Waals surface area contributed by atoms with Crippen molar-refractivity contribution < 1.29 is 8.78 Å². The quantitative estimate of drug-likeness (QED) is 0.779. The van der Waals surface area contributed by atoms with Crippen molar-refractivity contribution in [3.8, 4) is 11.5 Å². The lowest BCUT2D eigenvalue weighted by molar-refractivity contribution is 0.0123.